The summed E-state index contributed by atoms with van der Waals surface area (Å²) in [6.45, 7) is 2.89. The number of thioether (sulfide) groups is 1. The van der Waals surface area contributed by atoms with Gasteiger partial charge in [0.05, 0.1) is 6.54 Å². The van der Waals surface area contributed by atoms with E-state index in [0.717, 1.165) is 19.4 Å². The Kier molecular flexibility index (Phi) is 10.8. The van der Waals surface area contributed by atoms with E-state index in [1.807, 2.05) is 18.7 Å². The van der Waals surface area contributed by atoms with Crippen molar-refractivity contribution in [2.45, 2.75) is 50.0 Å². The number of benzene rings is 1. The van der Waals surface area contributed by atoms with Gasteiger partial charge in [-0.05, 0) is 38.5 Å². The van der Waals surface area contributed by atoms with Crippen molar-refractivity contribution in [2.24, 2.45) is 4.99 Å². The third kappa shape index (κ3) is 7.30. The molecule has 0 radical (unpaired) electrons. The fourth-order valence-electron chi connectivity index (χ4n) is 3.02. The number of rotatable bonds is 6. The van der Waals surface area contributed by atoms with Gasteiger partial charge in [0, 0.05) is 23.4 Å². The molecule has 0 heterocycles. The number of hydrogen-bond acceptors (Lipinski definition) is 3. The van der Waals surface area contributed by atoms with Crippen LogP contribution >= 0.6 is 35.7 Å². The maximum Gasteiger partial charge on any atom is 0.191 e. The largest absolute Gasteiger partial charge is 0.386 e. The van der Waals surface area contributed by atoms with Crippen molar-refractivity contribution in [1.29, 1.82) is 0 Å². The van der Waals surface area contributed by atoms with E-state index in [0.29, 0.717) is 17.3 Å². The highest BCUT2D eigenvalue weighted by atomic mass is 127. The Hall–Kier alpha value is -0.540. The van der Waals surface area contributed by atoms with Crippen molar-refractivity contribution in [3.05, 3.63) is 35.6 Å². The van der Waals surface area contributed by atoms with Crippen LogP contribution < -0.4 is 10.6 Å². The first kappa shape index (κ1) is 22.5. The van der Waals surface area contributed by atoms with Crippen LogP contribution in [0.5, 0.6) is 0 Å². The zero-order valence-electron chi connectivity index (χ0n) is 14.9. The third-order valence-corrected chi connectivity index (χ3v) is 5.43. The Bertz CT molecular complexity index is 547. The number of nitrogens with zero attached hydrogens (tertiary/aromatic N) is 1. The molecule has 1 aliphatic carbocycles. The number of aliphatic imine (C=N–C) groups is 1. The van der Waals surface area contributed by atoms with E-state index < -0.39 is 11.9 Å². The van der Waals surface area contributed by atoms with E-state index >= 15 is 0 Å². The molecule has 1 fully saturated rings. The maximum absolute atomic E-state index is 13.7. The molecule has 3 N–H and O–H groups in total. The van der Waals surface area contributed by atoms with E-state index in [-0.39, 0.29) is 36.1 Å². The summed E-state index contributed by atoms with van der Waals surface area (Å²) in [6, 6.07) is 6.70. The summed E-state index contributed by atoms with van der Waals surface area (Å²) in [4.78, 5) is 4.45. The van der Waals surface area contributed by atoms with E-state index in [1.54, 1.807) is 18.2 Å². The number of guanidine groups is 1. The third-order valence-electron chi connectivity index (χ3n) is 4.33. The quantitative estimate of drug-likeness (QED) is 0.330. The Morgan fingerprint density at radius 2 is 2.16 bits per heavy atom. The minimum Gasteiger partial charge on any atom is -0.386 e. The monoisotopic (exact) mass is 481 g/mol. The van der Waals surface area contributed by atoms with Gasteiger partial charge in [-0.25, -0.2) is 4.39 Å². The maximum atomic E-state index is 13.7. The molecule has 0 aliphatic heterocycles. The molecule has 0 bridgehead atoms. The highest BCUT2D eigenvalue weighted by molar-refractivity contribution is 14.0. The van der Waals surface area contributed by atoms with Crippen LogP contribution in [-0.2, 0) is 0 Å². The normalized spacial score (nSPS) is 22.0. The van der Waals surface area contributed by atoms with Crippen LogP contribution in [0.1, 0.15) is 44.3 Å². The molecular weight excluding hydrogens is 452 g/mol. The lowest BCUT2D eigenvalue weighted by atomic mass is 9.95. The summed E-state index contributed by atoms with van der Waals surface area (Å²) in [6.07, 6.45) is 5.99. The molecule has 25 heavy (non-hydrogen) atoms. The SMILES string of the molecule is CCNC(=NCC(O)c1ccccc1F)NC1CCCC(SC)C1.I. The average Bonchev–Trinajstić information content (AvgIpc) is 2.60. The van der Waals surface area contributed by atoms with E-state index in [2.05, 4.69) is 21.9 Å². The smallest absolute Gasteiger partial charge is 0.191 e. The summed E-state index contributed by atoms with van der Waals surface area (Å²) < 4.78 is 13.7. The minimum atomic E-state index is -0.938. The molecule has 142 valence electrons. The second kappa shape index (κ2) is 12.0. The Balaban J connectivity index is 0.00000312. The van der Waals surface area contributed by atoms with Crippen LogP contribution in [0, 0.1) is 5.82 Å². The van der Waals surface area contributed by atoms with Crippen LogP contribution in [0.2, 0.25) is 0 Å². The first-order chi connectivity index (χ1) is 11.6. The predicted octanol–water partition coefficient (Wildman–Crippen LogP) is 3.71. The van der Waals surface area contributed by atoms with Crippen LogP contribution in [0.25, 0.3) is 0 Å². The van der Waals surface area contributed by atoms with E-state index in [4.69, 9.17) is 0 Å². The van der Waals surface area contributed by atoms with Gasteiger partial charge in [-0.1, -0.05) is 24.6 Å². The molecule has 0 spiro atoms. The van der Waals surface area contributed by atoms with E-state index in [1.165, 1.54) is 18.9 Å². The lowest BCUT2D eigenvalue weighted by Crippen LogP contribution is -2.45. The molecule has 0 amide bonds. The number of halogens is 2. The minimum absolute atomic E-state index is 0. The van der Waals surface area contributed by atoms with Gasteiger partial charge in [-0.15, -0.1) is 24.0 Å². The highest BCUT2D eigenvalue weighted by Gasteiger charge is 2.22. The van der Waals surface area contributed by atoms with Gasteiger partial charge in [0.25, 0.3) is 0 Å². The van der Waals surface area contributed by atoms with Gasteiger partial charge in [0.2, 0.25) is 0 Å². The van der Waals surface area contributed by atoms with Crippen LogP contribution in [-0.4, -0.2) is 41.7 Å². The molecule has 3 unspecified atom stereocenters. The van der Waals surface area contributed by atoms with Crippen LogP contribution in [0.4, 0.5) is 4.39 Å². The summed E-state index contributed by atoms with van der Waals surface area (Å²) in [5.41, 5.74) is 0.289. The lowest BCUT2D eigenvalue weighted by molar-refractivity contribution is 0.182. The van der Waals surface area contributed by atoms with Crippen LogP contribution in [0.15, 0.2) is 29.3 Å². The number of nitrogens with one attached hydrogen (secondary N) is 2. The van der Waals surface area contributed by atoms with Crippen LogP contribution in [0.3, 0.4) is 0 Å². The Morgan fingerprint density at radius 3 is 2.84 bits per heavy atom. The molecular formula is C18H29FIN3OS. The standard InChI is InChI=1S/C18H28FN3OS.HI/c1-3-20-18(22-13-7-6-8-14(11-13)24-2)21-12-17(23)15-9-4-5-10-16(15)19;/h4-5,9-10,13-14,17,23H,3,6-8,11-12H2,1-2H3,(H2,20,21,22);1H. The Morgan fingerprint density at radius 1 is 1.40 bits per heavy atom. The van der Waals surface area contributed by atoms with Gasteiger partial charge in [0.1, 0.15) is 11.9 Å². The molecule has 7 heteroatoms. The second-order valence-corrected chi connectivity index (χ2v) is 7.26. The zero-order valence-corrected chi connectivity index (χ0v) is 18.0. The molecule has 1 aliphatic rings. The van der Waals surface area contributed by atoms with Crippen molar-refractivity contribution in [1.82, 2.24) is 10.6 Å². The second-order valence-electron chi connectivity index (χ2n) is 6.12. The van der Waals surface area contributed by atoms with Crippen molar-refractivity contribution in [3.8, 4) is 0 Å². The van der Waals surface area contributed by atoms with Crippen molar-refractivity contribution in [2.75, 3.05) is 19.3 Å². The van der Waals surface area contributed by atoms with Gasteiger partial charge < -0.3 is 15.7 Å². The van der Waals surface area contributed by atoms with Gasteiger partial charge in [-0.3, -0.25) is 4.99 Å². The van der Waals surface area contributed by atoms with Crippen molar-refractivity contribution < 1.29 is 9.50 Å². The summed E-state index contributed by atoms with van der Waals surface area (Å²) in [5, 5.41) is 17.6. The fraction of sp³-hybridized carbons (Fsp3) is 0.611. The highest BCUT2D eigenvalue weighted by Crippen LogP contribution is 2.26. The zero-order chi connectivity index (χ0) is 17.4. The molecule has 0 saturated heterocycles. The first-order valence-electron chi connectivity index (χ1n) is 8.64. The van der Waals surface area contributed by atoms with E-state index in [9.17, 15) is 9.50 Å². The van der Waals surface area contributed by atoms with Crippen molar-refractivity contribution in [3.63, 3.8) is 0 Å². The first-order valence-corrected chi connectivity index (χ1v) is 9.93. The lowest BCUT2D eigenvalue weighted by Gasteiger charge is -2.30. The molecule has 1 aromatic rings. The average molecular weight is 481 g/mol. The summed E-state index contributed by atoms with van der Waals surface area (Å²) in [7, 11) is 0. The van der Waals surface area contributed by atoms with Gasteiger partial charge in [0.15, 0.2) is 5.96 Å². The summed E-state index contributed by atoms with van der Waals surface area (Å²) in [5.74, 6) is 0.299. The van der Waals surface area contributed by atoms with Crippen molar-refractivity contribution >= 4 is 41.7 Å². The molecule has 0 aromatic heterocycles. The molecule has 4 nitrogen and oxygen atoms in total. The molecule has 1 aromatic carbocycles. The molecule has 3 atom stereocenters. The topological polar surface area (TPSA) is 56.7 Å². The molecule has 1 saturated carbocycles. The number of aliphatic hydroxyl groups is 1. The Labute approximate surface area is 171 Å². The predicted molar refractivity (Wildman–Crippen MR) is 115 cm³/mol. The van der Waals surface area contributed by atoms with Gasteiger partial charge in [-0.2, -0.15) is 11.8 Å². The number of aliphatic hydroxyl groups excluding tert-OH is 1. The van der Waals surface area contributed by atoms with Gasteiger partial charge >= 0.3 is 0 Å². The fourth-order valence-corrected chi connectivity index (χ4v) is 3.85. The summed E-state index contributed by atoms with van der Waals surface area (Å²) >= 11 is 1.93. The number of hydrogen-bond donors (Lipinski definition) is 3. The molecule has 2 rings (SSSR count).